The number of amides is 3. The summed E-state index contributed by atoms with van der Waals surface area (Å²) in [6, 6.07) is 7.63. The highest BCUT2D eigenvalue weighted by Crippen LogP contribution is 2.35. The van der Waals surface area contributed by atoms with Crippen molar-refractivity contribution in [3.8, 4) is 11.5 Å². The molecule has 1 N–H and O–H groups in total. The SMILES string of the molecule is COCC(=O)Nc1csc2c1C(=O)N(CCS(C)(=O)=O)C2=O.c1ccc2c(c1)OCO2. The van der Waals surface area contributed by atoms with Crippen molar-refractivity contribution >= 4 is 44.6 Å². The number of para-hydroxylation sites is 2. The molecule has 0 saturated heterocycles. The Morgan fingerprint density at radius 2 is 1.84 bits per heavy atom. The topological polar surface area (TPSA) is 128 Å². The molecule has 0 atom stereocenters. The fourth-order valence-electron chi connectivity index (χ4n) is 2.79. The van der Waals surface area contributed by atoms with E-state index in [2.05, 4.69) is 10.1 Å². The first kappa shape index (κ1) is 22.7. The first-order chi connectivity index (χ1) is 14.7. The van der Waals surface area contributed by atoms with Gasteiger partial charge in [-0.2, -0.15) is 0 Å². The monoisotopic (exact) mass is 468 g/mol. The van der Waals surface area contributed by atoms with Gasteiger partial charge in [-0.3, -0.25) is 19.3 Å². The molecule has 2 aliphatic heterocycles. The molecule has 2 aromatic rings. The average molecular weight is 469 g/mol. The van der Waals surface area contributed by atoms with Crippen LogP contribution in [0, 0.1) is 0 Å². The lowest BCUT2D eigenvalue weighted by Crippen LogP contribution is -2.34. The Morgan fingerprint density at radius 1 is 1.19 bits per heavy atom. The molecule has 166 valence electrons. The highest BCUT2D eigenvalue weighted by Gasteiger charge is 2.39. The number of thiophene rings is 1. The second-order valence-corrected chi connectivity index (χ2v) is 9.72. The molecule has 31 heavy (non-hydrogen) atoms. The number of hydrogen-bond acceptors (Lipinski definition) is 9. The molecule has 0 radical (unpaired) electrons. The van der Waals surface area contributed by atoms with Gasteiger partial charge in [-0.15, -0.1) is 11.3 Å². The molecule has 2 aliphatic rings. The zero-order valence-electron chi connectivity index (χ0n) is 16.7. The van der Waals surface area contributed by atoms with Crippen molar-refractivity contribution in [3.63, 3.8) is 0 Å². The van der Waals surface area contributed by atoms with E-state index in [0.717, 1.165) is 34.0 Å². The number of nitrogens with one attached hydrogen (secondary N) is 1. The van der Waals surface area contributed by atoms with Gasteiger partial charge in [-0.05, 0) is 12.1 Å². The number of sulfone groups is 1. The number of methoxy groups -OCH3 is 1. The van der Waals surface area contributed by atoms with Gasteiger partial charge in [0.15, 0.2) is 11.5 Å². The van der Waals surface area contributed by atoms with Gasteiger partial charge >= 0.3 is 0 Å². The summed E-state index contributed by atoms with van der Waals surface area (Å²) in [5.41, 5.74) is 0.343. The lowest BCUT2D eigenvalue weighted by atomic mass is 10.2. The van der Waals surface area contributed by atoms with Gasteiger partial charge in [-0.25, -0.2) is 8.42 Å². The van der Waals surface area contributed by atoms with Crippen LogP contribution in [0.15, 0.2) is 29.6 Å². The molecule has 0 bridgehead atoms. The second kappa shape index (κ2) is 9.45. The molecule has 4 rings (SSSR count). The Bertz CT molecular complexity index is 1090. The molecule has 0 spiro atoms. The Labute approximate surface area is 182 Å². The third-order valence-electron chi connectivity index (χ3n) is 4.20. The van der Waals surface area contributed by atoms with Gasteiger partial charge in [0.05, 0.1) is 17.0 Å². The average Bonchev–Trinajstić information content (AvgIpc) is 3.39. The van der Waals surface area contributed by atoms with Gasteiger partial charge in [-0.1, -0.05) is 12.1 Å². The van der Waals surface area contributed by atoms with Crippen molar-refractivity contribution < 1.29 is 37.0 Å². The Hall–Kier alpha value is -2.96. The van der Waals surface area contributed by atoms with E-state index in [1.165, 1.54) is 12.5 Å². The minimum Gasteiger partial charge on any atom is -0.454 e. The van der Waals surface area contributed by atoms with E-state index >= 15 is 0 Å². The number of hydrogen-bond donors (Lipinski definition) is 1. The molecule has 12 heteroatoms. The first-order valence-electron chi connectivity index (χ1n) is 9.00. The summed E-state index contributed by atoms with van der Waals surface area (Å²) < 4.78 is 37.2. The summed E-state index contributed by atoms with van der Waals surface area (Å²) in [6.45, 7) is -0.0206. The molecule has 0 saturated carbocycles. The maximum absolute atomic E-state index is 12.3. The first-order valence-corrected chi connectivity index (χ1v) is 11.9. The number of imide groups is 1. The summed E-state index contributed by atoms with van der Waals surface area (Å²) in [5, 5.41) is 4.00. The van der Waals surface area contributed by atoms with E-state index in [1.807, 2.05) is 24.3 Å². The lowest BCUT2D eigenvalue weighted by Gasteiger charge is -2.13. The Morgan fingerprint density at radius 3 is 2.42 bits per heavy atom. The predicted molar refractivity (Wildman–Crippen MR) is 112 cm³/mol. The fraction of sp³-hybridized carbons (Fsp3) is 0.316. The number of benzene rings is 1. The van der Waals surface area contributed by atoms with Crippen LogP contribution in [0.1, 0.15) is 20.0 Å². The molecular formula is C19H20N2O8S2. The zero-order valence-corrected chi connectivity index (χ0v) is 18.4. The lowest BCUT2D eigenvalue weighted by molar-refractivity contribution is -0.119. The number of carbonyl (C=O) groups excluding carboxylic acids is 3. The summed E-state index contributed by atoms with van der Waals surface area (Å²) in [6.07, 6.45) is 1.03. The largest absolute Gasteiger partial charge is 0.454 e. The number of carbonyl (C=O) groups is 3. The second-order valence-electron chi connectivity index (χ2n) is 6.58. The minimum atomic E-state index is -3.29. The van der Waals surface area contributed by atoms with Crippen LogP contribution in [-0.2, 0) is 19.4 Å². The van der Waals surface area contributed by atoms with Gasteiger partial charge in [0.25, 0.3) is 11.8 Å². The molecule has 0 unspecified atom stereocenters. The summed E-state index contributed by atoms with van der Waals surface area (Å²) in [4.78, 5) is 37.0. The van der Waals surface area contributed by atoms with Crippen molar-refractivity contribution in [2.75, 3.05) is 44.4 Å². The summed E-state index contributed by atoms with van der Waals surface area (Å²) >= 11 is 1.03. The molecular weight excluding hydrogens is 448 g/mol. The summed E-state index contributed by atoms with van der Waals surface area (Å²) in [5.74, 6) is -0.198. The molecule has 1 aromatic carbocycles. The van der Waals surface area contributed by atoms with Crippen molar-refractivity contribution in [1.82, 2.24) is 4.90 Å². The Kier molecular flexibility index (Phi) is 6.93. The van der Waals surface area contributed by atoms with Gasteiger partial charge in [0, 0.05) is 25.3 Å². The van der Waals surface area contributed by atoms with Gasteiger partial charge in [0.2, 0.25) is 12.7 Å². The molecule has 3 heterocycles. The van der Waals surface area contributed by atoms with Crippen LogP contribution in [0.3, 0.4) is 0 Å². The maximum Gasteiger partial charge on any atom is 0.271 e. The van der Waals surface area contributed by atoms with E-state index in [1.54, 1.807) is 0 Å². The van der Waals surface area contributed by atoms with Crippen molar-refractivity contribution in [3.05, 3.63) is 40.1 Å². The van der Waals surface area contributed by atoms with E-state index in [4.69, 9.17) is 9.47 Å². The van der Waals surface area contributed by atoms with Crippen molar-refractivity contribution in [1.29, 1.82) is 0 Å². The normalized spacial score (nSPS) is 14.2. The smallest absolute Gasteiger partial charge is 0.271 e. The van der Waals surface area contributed by atoms with E-state index in [0.29, 0.717) is 6.79 Å². The van der Waals surface area contributed by atoms with E-state index < -0.39 is 27.6 Å². The quantitative estimate of drug-likeness (QED) is 0.630. The van der Waals surface area contributed by atoms with Gasteiger partial charge < -0.3 is 19.5 Å². The van der Waals surface area contributed by atoms with Crippen LogP contribution in [0.2, 0.25) is 0 Å². The van der Waals surface area contributed by atoms with Crippen LogP contribution in [0.4, 0.5) is 5.69 Å². The van der Waals surface area contributed by atoms with Crippen LogP contribution in [0.5, 0.6) is 11.5 Å². The number of rotatable bonds is 6. The predicted octanol–water partition coefficient (Wildman–Crippen LogP) is 1.39. The fourth-order valence-corrected chi connectivity index (χ4v) is 4.24. The van der Waals surface area contributed by atoms with E-state index in [9.17, 15) is 22.8 Å². The van der Waals surface area contributed by atoms with Gasteiger partial charge in [0.1, 0.15) is 21.3 Å². The number of fused-ring (bicyclic) bond motifs is 2. The van der Waals surface area contributed by atoms with Crippen LogP contribution >= 0.6 is 11.3 Å². The molecule has 3 amide bonds. The van der Waals surface area contributed by atoms with Crippen molar-refractivity contribution in [2.45, 2.75) is 0 Å². The summed E-state index contributed by atoms with van der Waals surface area (Å²) in [7, 11) is -1.93. The highest BCUT2D eigenvalue weighted by atomic mass is 32.2. The number of anilines is 1. The third kappa shape index (κ3) is 5.40. The molecule has 1 aromatic heterocycles. The third-order valence-corrected chi connectivity index (χ3v) is 6.09. The zero-order chi connectivity index (χ0) is 22.6. The maximum atomic E-state index is 12.3. The van der Waals surface area contributed by atoms with Crippen molar-refractivity contribution in [2.24, 2.45) is 0 Å². The minimum absolute atomic E-state index is 0.105. The molecule has 10 nitrogen and oxygen atoms in total. The number of nitrogens with zero attached hydrogens (tertiary/aromatic N) is 1. The van der Waals surface area contributed by atoms with Crippen LogP contribution < -0.4 is 14.8 Å². The van der Waals surface area contributed by atoms with Crippen LogP contribution in [0.25, 0.3) is 0 Å². The standard InChI is InChI=1S/C12H14N2O6S2.C7H6O2/c1-20-5-8(15)13-7-6-21-10-9(7)11(16)14(12(10)17)3-4-22(2,18)19;1-2-4-7-6(3-1)8-5-9-7/h6H,3-5H2,1-2H3,(H,13,15);1-4H,5H2. The van der Waals surface area contributed by atoms with Crippen LogP contribution in [-0.4, -0.2) is 70.1 Å². The van der Waals surface area contributed by atoms with E-state index in [-0.39, 0.29) is 35.0 Å². The molecule has 0 fully saturated rings. The Balaban J connectivity index is 0.000000248. The number of ether oxygens (including phenoxy) is 3. The molecule has 0 aliphatic carbocycles. The highest BCUT2D eigenvalue weighted by molar-refractivity contribution is 7.90.